The van der Waals surface area contributed by atoms with E-state index in [-0.39, 0.29) is 18.3 Å². The molecule has 1 amide bonds. The summed E-state index contributed by atoms with van der Waals surface area (Å²) in [4.78, 5) is 11.3. The zero-order valence-electron chi connectivity index (χ0n) is 10.9. The van der Waals surface area contributed by atoms with Crippen LogP contribution in [0.1, 0.15) is 0 Å². The highest BCUT2D eigenvalue weighted by Crippen LogP contribution is 2.11. The molecule has 0 aliphatic heterocycles. The second kappa shape index (κ2) is 9.29. The Morgan fingerprint density at radius 3 is 2.89 bits per heavy atom. The summed E-state index contributed by atoms with van der Waals surface area (Å²) in [5.41, 5.74) is 0. The summed E-state index contributed by atoms with van der Waals surface area (Å²) in [7, 11) is 1.60. The van der Waals surface area contributed by atoms with Crippen molar-refractivity contribution in [2.75, 3.05) is 40.0 Å². The Morgan fingerprint density at radius 2 is 2.16 bits per heavy atom. The standard InChI is InChI=1S/C13H19FN2O3/c1-18-7-5-15-10-13(17)16-6-8-19-12-4-2-3-11(14)9-12/h2-4,9,15H,5-8,10H2,1H3,(H,16,17). The van der Waals surface area contributed by atoms with Gasteiger partial charge in [0.15, 0.2) is 0 Å². The van der Waals surface area contributed by atoms with E-state index in [4.69, 9.17) is 9.47 Å². The lowest BCUT2D eigenvalue weighted by atomic mass is 10.3. The van der Waals surface area contributed by atoms with Crippen LogP contribution in [-0.2, 0) is 9.53 Å². The number of halogens is 1. The fraction of sp³-hybridized carbons (Fsp3) is 0.462. The maximum absolute atomic E-state index is 12.8. The zero-order valence-corrected chi connectivity index (χ0v) is 10.9. The van der Waals surface area contributed by atoms with Crippen LogP contribution >= 0.6 is 0 Å². The minimum absolute atomic E-state index is 0.112. The SMILES string of the molecule is COCCNCC(=O)NCCOc1cccc(F)c1. The van der Waals surface area contributed by atoms with Crippen molar-refractivity contribution in [3.63, 3.8) is 0 Å². The van der Waals surface area contributed by atoms with Gasteiger partial charge >= 0.3 is 0 Å². The molecule has 0 aliphatic carbocycles. The summed E-state index contributed by atoms with van der Waals surface area (Å²) in [6, 6.07) is 5.88. The number of hydrogen-bond acceptors (Lipinski definition) is 4. The molecule has 1 aromatic carbocycles. The van der Waals surface area contributed by atoms with Gasteiger partial charge in [-0.2, -0.15) is 0 Å². The van der Waals surface area contributed by atoms with Crippen molar-refractivity contribution in [1.82, 2.24) is 10.6 Å². The molecule has 5 nitrogen and oxygen atoms in total. The lowest BCUT2D eigenvalue weighted by Gasteiger charge is -2.08. The predicted molar refractivity (Wildman–Crippen MR) is 69.7 cm³/mol. The number of amides is 1. The molecule has 0 heterocycles. The number of ether oxygens (including phenoxy) is 2. The molecule has 0 saturated heterocycles. The van der Waals surface area contributed by atoms with Crippen LogP contribution < -0.4 is 15.4 Å². The van der Waals surface area contributed by atoms with E-state index in [1.165, 1.54) is 12.1 Å². The van der Waals surface area contributed by atoms with E-state index in [9.17, 15) is 9.18 Å². The van der Waals surface area contributed by atoms with Crippen LogP contribution in [-0.4, -0.2) is 45.9 Å². The molecule has 0 aliphatic rings. The average molecular weight is 270 g/mol. The first-order chi connectivity index (χ1) is 9.22. The Labute approximate surface area is 112 Å². The van der Waals surface area contributed by atoms with Gasteiger partial charge in [0.25, 0.3) is 0 Å². The van der Waals surface area contributed by atoms with Crippen LogP contribution in [0.25, 0.3) is 0 Å². The minimum Gasteiger partial charge on any atom is -0.492 e. The van der Waals surface area contributed by atoms with Crippen LogP contribution in [0.3, 0.4) is 0 Å². The molecule has 0 fully saturated rings. The molecule has 1 aromatic rings. The third-order valence-electron chi connectivity index (χ3n) is 2.26. The third kappa shape index (κ3) is 7.38. The summed E-state index contributed by atoms with van der Waals surface area (Å²) >= 11 is 0. The number of carbonyl (C=O) groups excluding carboxylic acids is 1. The summed E-state index contributed by atoms with van der Waals surface area (Å²) in [5, 5.41) is 5.61. The van der Waals surface area contributed by atoms with Gasteiger partial charge in [-0.25, -0.2) is 4.39 Å². The largest absolute Gasteiger partial charge is 0.492 e. The fourth-order valence-electron chi connectivity index (χ4n) is 1.35. The van der Waals surface area contributed by atoms with E-state index in [1.54, 1.807) is 19.2 Å². The summed E-state index contributed by atoms with van der Waals surface area (Å²) in [6.45, 7) is 2.11. The first-order valence-electron chi connectivity index (χ1n) is 6.07. The first kappa shape index (κ1) is 15.4. The van der Waals surface area contributed by atoms with Crippen molar-refractivity contribution in [2.45, 2.75) is 0 Å². The van der Waals surface area contributed by atoms with E-state index >= 15 is 0 Å². The van der Waals surface area contributed by atoms with Crippen molar-refractivity contribution in [2.24, 2.45) is 0 Å². The molecule has 0 saturated carbocycles. The number of rotatable bonds is 9. The van der Waals surface area contributed by atoms with Gasteiger partial charge in [0.05, 0.1) is 19.7 Å². The van der Waals surface area contributed by atoms with Crippen molar-refractivity contribution >= 4 is 5.91 Å². The molecule has 0 unspecified atom stereocenters. The Bertz CT molecular complexity index is 388. The summed E-state index contributed by atoms with van der Waals surface area (Å²) < 4.78 is 23.0. The Hall–Kier alpha value is -1.66. The van der Waals surface area contributed by atoms with Gasteiger partial charge in [0, 0.05) is 19.7 Å². The number of benzene rings is 1. The quantitative estimate of drug-likeness (QED) is 0.644. The van der Waals surface area contributed by atoms with Gasteiger partial charge in [0.1, 0.15) is 18.2 Å². The fourth-order valence-corrected chi connectivity index (χ4v) is 1.35. The highest BCUT2D eigenvalue weighted by atomic mass is 19.1. The topological polar surface area (TPSA) is 59.6 Å². The number of hydrogen-bond donors (Lipinski definition) is 2. The molecule has 0 atom stereocenters. The second-order valence-corrected chi connectivity index (χ2v) is 3.83. The molecule has 0 bridgehead atoms. The smallest absolute Gasteiger partial charge is 0.234 e. The molecule has 0 spiro atoms. The maximum Gasteiger partial charge on any atom is 0.234 e. The monoisotopic (exact) mass is 270 g/mol. The van der Waals surface area contributed by atoms with Crippen LogP contribution in [0.15, 0.2) is 24.3 Å². The van der Waals surface area contributed by atoms with Gasteiger partial charge in [-0.3, -0.25) is 4.79 Å². The molecular formula is C13H19FN2O3. The van der Waals surface area contributed by atoms with Gasteiger partial charge in [0.2, 0.25) is 5.91 Å². The highest BCUT2D eigenvalue weighted by molar-refractivity contribution is 5.77. The molecular weight excluding hydrogens is 251 g/mol. The molecule has 0 aromatic heterocycles. The van der Waals surface area contributed by atoms with Crippen LogP contribution in [0.4, 0.5) is 4.39 Å². The number of nitrogens with one attached hydrogen (secondary N) is 2. The van der Waals surface area contributed by atoms with Gasteiger partial charge in [-0.15, -0.1) is 0 Å². The van der Waals surface area contributed by atoms with Crippen molar-refractivity contribution < 1.29 is 18.7 Å². The Kier molecular flexibility index (Phi) is 7.53. The maximum atomic E-state index is 12.8. The lowest BCUT2D eigenvalue weighted by molar-refractivity contribution is -0.120. The van der Waals surface area contributed by atoms with Crippen LogP contribution in [0.5, 0.6) is 5.75 Å². The van der Waals surface area contributed by atoms with Crippen molar-refractivity contribution in [3.05, 3.63) is 30.1 Å². The van der Waals surface area contributed by atoms with Gasteiger partial charge in [-0.05, 0) is 12.1 Å². The van der Waals surface area contributed by atoms with Crippen LogP contribution in [0.2, 0.25) is 0 Å². The van der Waals surface area contributed by atoms with E-state index in [0.29, 0.717) is 32.1 Å². The van der Waals surface area contributed by atoms with E-state index in [0.717, 1.165) is 0 Å². The molecule has 1 rings (SSSR count). The van der Waals surface area contributed by atoms with Crippen LogP contribution in [0, 0.1) is 5.82 Å². The third-order valence-corrected chi connectivity index (χ3v) is 2.26. The van der Waals surface area contributed by atoms with E-state index in [1.807, 2.05) is 0 Å². The van der Waals surface area contributed by atoms with Gasteiger partial charge < -0.3 is 20.1 Å². The highest BCUT2D eigenvalue weighted by Gasteiger charge is 2.00. The number of carbonyl (C=O) groups is 1. The molecule has 0 radical (unpaired) electrons. The van der Waals surface area contributed by atoms with Crippen molar-refractivity contribution in [3.8, 4) is 5.75 Å². The zero-order chi connectivity index (χ0) is 13.9. The van der Waals surface area contributed by atoms with Gasteiger partial charge in [-0.1, -0.05) is 6.07 Å². The molecule has 19 heavy (non-hydrogen) atoms. The summed E-state index contributed by atoms with van der Waals surface area (Å²) in [5.74, 6) is -0.00436. The molecule has 6 heteroatoms. The summed E-state index contributed by atoms with van der Waals surface area (Å²) in [6.07, 6.45) is 0. The predicted octanol–water partition coefficient (Wildman–Crippen LogP) is 0.557. The number of methoxy groups -OCH3 is 1. The Balaban J connectivity index is 2.05. The van der Waals surface area contributed by atoms with E-state index in [2.05, 4.69) is 10.6 Å². The minimum atomic E-state index is -0.344. The van der Waals surface area contributed by atoms with E-state index < -0.39 is 0 Å². The first-order valence-corrected chi connectivity index (χ1v) is 6.07. The lowest BCUT2D eigenvalue weighted by Crippen LogP contribution is -2.37. The Morgan fingerprint density at radius 1 is 1.32 bits per heavy atom. The van der Waals surface area contributed by atoms with Crippen molar-refractivity contribution in [1.29, 1.82) is 0 Å². The normalized spacial score (nSPS) is 10.2. The average Bonchev–Trinajstić information content (AvgIpc) is 2.40. The molecule has 2 N–H and O–H groups in total. The molecule has 106 valence electrons. The second-order valence-electron chi connectivity index (χ2n) is 3.83.